The van der Waals surface area contributed by atoms with E-state index in [9.17, 15) is 5.11 Å². The minimum Gasteiger partial charge on any atom is -0.394 e. The average molecular weight is 254 g/mol. The van der Waals surface area contributed by atoms with Gasteiger partial charge in [-0.15, -0.1) is 0 Å². The summed E-state index contributed by atoms with van der Waals surface area (Å²) in [5, 5.41) is 9.57. The molecule has 1 atom stereocenters. The Morgan fingerprint density at radius 2 is 1.78 bits per heavy atom. The van der Waals surface area contributed by atoms with E-state index in [4.69, 9.17) is 5.73 Å². The molecule has 18 heavy (non-hydrogen) atoms. The van der Waals surface area contributed by atoms with Gasteiger partial charge in [0, 0.05) is 12.6 Å². The first-order chi connectivity index (χ1) is 8.36. The van der Waals surface area contributed by atoms with Gasteiger partial charge in [0.2, 0.25) is 0 Å². The van der Waals surface area contributed by atoms with Gasteiger partial charge in [-0.2, -0.15) is 0 Å². The molecule has 1 unspecified atom stereocenters. The molecule has 0 saturated heterocycles. The van der Waals surface area contributed by atoms with E-state index in [-0.39, 0.29) is 12.1 Å². The number of aliphatic hydroxyl groups is 1. The topological polar surface area (TPSA) is 49.5 Å². The predicted octanol–water partition coefficient (Wildman–Crippen LogP) is 1.99. The Morgan fingerprint density at radius 3 is 2.22 bits per heavy atom. The van der Waals surface area contributed by atoms with Crippen molar-refractivity contribution in [2.24, 2.45) is 17.1 Å². The SMILES string of the molecule is CN(CC(N)(CO)C1CC1)C1CCC(C)(C)CC1. The molecule has 0 aromatic rings. The van der Waals surface area contributed by atoms with Gasteiger partial charge in [-0.3, -0.25) is 0 Å². The lowest BCUT2D eigenvalue weighted by atomic mass is 9.75. The first-order valence-corrected chi connectivity index (χ1v) is 7.46. The van der Waals surface area contributed by atoms with Crippen molar-refractivity contribution in [1.29, 1.82) is 0 Å². The Balaban J connectivity index is 1.86. The molecule has 0 heterocycles. The molecule has 3 nitrogen and oxygen atoms in total. The Bertz CT molecular complexity index is 278. The maximum absolute atomic E-state index is 9.57. The summed E-state index contributed by atoms with van der Waals surface area (Å²) in [7, 11) is 2.18. The molecule has 0 aromatic carbocycles. The highest BCUT2D eigenvalue weighted by Crippen LogP contribution is 2.40. The molecule has 0 aromatic heterocycles. The molecule has 0 radical (unpaired) electrons. The van der Waals surface area contributed by atoms with Crippen LogP contribution < -0.4 is 5.73 Å². The molecule has 2 fully saturated rings. The Hall–Kier alpha value is -0.120. The van der Waals surface area contributed by atoms with Gasteiger partial charge in [-0.1, -0.05) is 13.8 Å². The summed E-state index contributed by atoms with van der Waals surface area (Å²) in [5.41, 5.74) is 6.53. The highest BCUT2D eigenvalue weighted by Gasteiger charge is 2.43. The van der Waals surface area contributed by atoms with E-state index in [2.05, 4.69) is 25.8 Å². The molecular formula is C15H30N2O. The summed E-state index contributed by atoms with van der Waals surface area (Å²) in [6.07, 6.45) is 7.56. The van der Waals surface area contributed by atoms with Crippen LogP contribution in [0.1, 0.15) is 52.4 Å². The third-order valence-corrected chi connectivity index (χ3v) is 5.16. The van der Waals surface area contributed by atoms with Crippen LogP contribution in [-0.4, -0.2) is 41.8 Å². The van der Waals surface area contributed by atoms with Gasteiger partial charge < -0.3 is 15.7 Å². The monoisotopic (exact) mass is 254 g/mol. The van der Waals surface area contributed by atoms with E-state index in [0.717, 1.165) is 6.54 Å². The lowest BCUT2D eigenvalue weighted by Crippen LogP contribution is -2.56. The zero-order valence-electron chi connectivity index (χ0n) is 12.3. The van der Waals surface area contributed by atoms with Gasteiger partial charge >= 0.3 is 0 Å². The molecule has 3 N–H and O–H groups in total. The van der Waals surface area contributed by atoms with Crippen LogP contribution >= 0.6 is 0 Å². The Labute approximate surface area is 112 Å². The zero-order chi connectivity index (χ0) is 13.4. The van der Waals surface area contributed by atoms with Crippen molar-refractivity contribution in [2.45, 2.75) is 64.0 Å². The third-order valence-electron chi connectivity index (χ3n) is 5.16. The molecule has 0 bridgehead atoms. The van der Waals surface area contributed by atoms with Crippen LogP contribution in [-0.2, 0) is 0 Å². The summed E-state index contributed by atoms with van der Waals surface area (Å²) >= 11 is 0. The summed E-state index contributed by atoms with van der Waals surface area (Å²) in [6.45, 7) is 5.71. The minimum atomic E-state index is -0.359. The van der Waals surface area contributed by atoms with Crippen LogP contribution in [0, 0.1) is 11.3 Å². The number of nitrogens with zero attached hydrogens (tertiary/aromatic N) is 1. The third kappa shape index (κ3) is 3.25. The summed E-state index contributed by atoms with van der Waals surface area (Å²) in [5.74, 6) is 0.546. The summed E-state index contributed by atoms with van der Waals surface area (Å²) < 4.78 is 0. The quantitative estimate of drug-likeness (QED) is 0.789. The van der Waals surface area contributed by atoms with Gasteiger partial charge in [0.05, 0.1) is 12.1 Å². The van der Waals surface area contributed by atoms with Crippen molar-refractivity contribution in [3.8, 4) is 0 Å². The molecule has 2 aliphatic carbocycles. The average Bonchev–Trinajstić information content (AvgIpc) is 3.12. The fourth-order valence-corrected chi connectivity index (χ4v) is 3.38. The van der Waals surface area contributed by atoms with E-state index in [1.54, 1.807) is 0 Å². The van der Waals surface area contributed by atoms with Crippen molar-refractivity contribution in [3.63, 3.8) is 0 Å². The normalized spacial score (nSPS) is 28.3. The number of hydrogen-bond donors (Lipinski definition) is 2. The molecule has 2 saturated carbocycles. The van der Waals surface area contributed by atoms with Crippen molar-refractivity contribution in [2.75, 3.05) is 20.2 Å². The summed E-state index contributed by atoms with van der Waals surface area (Å²) in [4.78, 5) is 2.41. The van der Waals surface area contributed by atoms with Gasteiger partial charge in [0.1, 0.15) is 0 Å². The molecule has 106 valence electrons. The van der Waals surface area contributed by atoms with Crippen LogP contribution in [0.2, 0.25) is 0 Å². The van der Waals surface area contributed by atoms with Gasteiger partial charge in [-0.25, -0.2) is 0 Å². The van der Waals surface area contributed by atoms with Crippen LogP contribution in [0.15, 0.2) is 0 Å². The van der Waals surface area contributed by atoms with E-state index < -0.39 is 0 Å². The van der Waals surface area contributed by atoms with E-state index >= 15 is 0 Å². The van der Waals surface area contributed by atoms with Gasteiger partial charge in [0.15, 0.2) is 0 Å². The maximum atomic E-state index is 9.57. The number of likely N-dealkylation sites (N-methyl/N-ethyl adjacent to an activating group) is 1. The Kier molecular flexibility index (Phi) is 4.05. The largest absolute Gasteiger partial charge is 0.394 e. The summed E-state index contributed by atoms with van der Waals surface area (Å²) in [6, 6.07) is 0.659. The number of rotatable bonds is 5. The van der Waals surface area contributed by atoms with E-state index in [1.165, 1.54) is 38.5 Å². The highest BCUT2D eigenvalue weighted by molar-refractivity contribution is 5.01. The minimum absolute atomic E-state index is 0.125. The number of aliphatic hydroxyl groups excluding tert-OH is 1. The Morgan fingerprint density at radius 1 is 1.22 bits per heavy atom. The second kappa shape index (κ2) is 5.10. The molecular weight excluding hydrogens is 224 g/mol. The fraction of sp³-hybridized carbons (Fsp3) is 1.00. The van der Waals surface area contributed by atoms with Gasteiger partial charge in [0.25, 0.3) is 0 Å². The highest BCUT2D eigenvalue weighted by atomic mass is 16.3. The van der Waals surface area contributed by atoms with Crippen LogP contribution in [0.3, 0.4) is 0 Å². The molecule has 2 aliphatic rings. The molecule has 0 aliphatic heterocycles. The first-order valence-electron chi connectivity index (χ1n) is 7.46. The van der Waals surface area contributed by atoms with E-state index in [1.807, 2.05) is 0 Å². The number of nitrogens with two attached hydrogens (primary N) is 1. The van der Waals surface area contributed by atoms with E-state index in [0.29, 0.717) is 17.4 Å². The van der Waals surface area contributed by atoms with Crippen LogP contribution in [0.4, 0.5) is 0 Å². The van der Waals surface area contributed by atoms with Gasteiger partial charge in [-0.05, 0) is 56.9 Å². The predicted molar refractivity (Wildman–Crippen MR) is 75.4 cm³/mol. The van der Waals surface area contributed by atoms with Crippen LogP contribution in [0.25, 0.3) is 0 Å². The zero-order valence-corrected chi connectivity index (χ0v) is 12.3. The van der Waals surface area contributed by atoms with Crippen molar-refractivity contribution >= 4 is 0 Å². The fourth-order valence-electron chi connectivity index (χ4n) is 3.38. The molecule has 3 heteroatoms. The second-order valence-corrected chi connectivity index (χ2v) is 7.48. The van der Waals surface area contributed by atoms with Crippen molar-refractivity contribution in [1.82, 2.24) is 4.90 Å². The maximum Gasteiger partial charge on any atom is 0.0626 e. The second-order valence-electron chi connectivity index (χ2n) is 7.48. The molecule has 0 amide bonds. The van der Waals surface area contributed by atoms with Crippen molar-refractivity contribution in [3.05, 3.63) is 0 Å². The standard InChI is InChI=1S/C15H30N2O/c1-14(2)8-6-13(7-9-14)17(3)10-15(16,11-18)12-4-5-12/h12-13,18H,4-11,16H2,1-3H3. The van der Waals surface area contributed by atoms with Crippen LogP contribution in [0.5, 0.6) is 0 Å². The smallest absolute Gasteiger partial charge is 0.0626 e. The molecule has 0 spiro atoms. The number of hydrogen-bond acceptors (Lipinski definition) is 3. The lowest BCUT2D eigenvalue weighted by molar-refractivity contribution is 0.0782. The lowest BCUT2D eigenvalue weighted by Gasteiger charge is -2.41. The first kappa shape index (κ1) is 14.3. The van der Waals surface area contributed by atoms with Crippen molar-refractivity contribution < 1.29 is 5.11 Å². The molecule has 2 rings (SSSR count).